The number of halogens is 1. The summed E-state index contributed by atoms with van der Waals surface area (Å²) in [7, 11) is 0. The van der Waals surface area contributed by atoms with Gasteiger partial charge >= 0.3 is 0 Å². The van der Waals surface area contributed by atoms with E-state index in [0.29, 0.717) is 17.4 Å². The Morgan fingerprint density at radius 3 is 2.83 bits per heavy atom. The Bertz CT molecular complexity index is 405. The van der Waals surface area contributed by atoms with Crippen molar-refractivity contribution >= 4 is 17.5 Å². The van der Waals surface area contributed by atoms with E-state index in [1.54, 1.807) is 0 Å². The first kappa shape index (κ1) is 13.4. The van der Waals surface area contributed by atoms with Gasteiger partial charge in [-0.25, -0.2) is 0 Å². The summed E-state index contributed by atoms with van der Waals surface area (Å²) >= 11 is 5.81. The monoisotopic (exact) mass is 266 g/mol. The summed E-state index contributed by atoms with van der Waals surface area (Å²) in [6.45, 7) is 4.10. The van der Waals surface area contributed by atoms with E-state index in [2.05, 4.69) is 17.6 Å². The number of piperidine rings is 1. The van der Waals surface area contributed by atoms with Gasteiger partial charge in [-0.05, 0) is 36.6 Å². The number of rotatable bonds is 3. The van der Waals surface area contributed by atoms with Crippen LogP contribution in [0.3, 0.4) is 0 Å². The number of benzene rings is 1. The Balaban J connectivity index is 1.86. The lowest BCUT2D eigenvalue weighted by Gasteiger charge is -2.30. The van der Waals surface area contributed by atoms with Crippen LogP contribution in [0.4, 0.5) is 0 Å². The van der Waals surface area contributed by atoms with Crippen molar-refractivity contribution in [3.8, 4) is 0 Å². The summed E-state index contributed by atoms with van der Waals surface area (Å²) in [6.07, 6.45) is 1.53. The molecule has 0 aliphatic carbocycles. The van der Waals surface area contributed by atoms with Gasteiger partial charge in [-0.3, -0.25) is 4.79 Å². The van der Waals surface area contributed by atoms with Crippen molar-refractivity contribution in [2.75, 3.05) is 13.1 Å². The molecule has 3 nitrogen and oxygen atoms in total. The Morgan fingerprint density at radius 1 is 1.44 bits per heavy atom. The normalized spacial score (nSPS) is 23.7. The van der Waals surface area contributed by atoms with Crippen LogP contribution in [0.1, 0.15) is 18.9 Å². The lowest BCUT2D eigenvalue weighted by Crippen LogP contribution is -2.50. The van der Waals surface area contributed by atoms with Crippen LogP contribution in [0.25, 0.3) is 0 Å². The maximum atomic E-state index is 11.9. The fourth-order valence-electron chi connectivity index (χ4n) is 2.23. The van der Waals surface area contributed by atoms with E-state index < -0.39 is 0 Å². The van der Waals surface area contributed by atoms with E-state index in [4.69, 9.17) is 11.6 Å². The first-order valence-corrected chi connectivity index (χ1v) is 6.77. The lowest BCUT2D eigenvalue weighted by molar-refractivity contribution is -0.121. The van der Waals surface area contributed by atoms with Crippen molar-refractivity contribution in [1.82, 2.24) is 10.6 Å². The van der Waals surface area contributed by atoms with Gasteiger partial charge in [0.05, 0.1) is 6.42 Å². The Morgan fingerprint density at radius 2 is 2.17 bits per heavy atom. The van der Waals surface area contributed by atoms with Crippen LogP contribution in [0.15, 0.2) is 24.3 Å². The summed E-state index contributed by atoms with van der Waals surface area (Å²) in [5.74, 6) is 0.623. The largest absolute Gasteiger partial charge is 0.352 e. The minimum absolute atomic E-state index is 0.0814. The van der Waals surface area contributed by atoms with E-state index in [-0.39, 0.29) is 11.9 Å². The van der Waals surface area contributed by atoms with Gasteiger partial charge in [0.2, 0.25) is 5.91 Å². The molecule has 0 bridgehead atoms. The zero-order valence-corrected chi connectivity index (χ0v) is 11.3. The first-order valence-electron chi connectivity index (χ1n) is 6.39. The van der Waals surface area contributed by atoms with Crippen LogP contribution < -0.4 is 10.6 Å². The average Bonchev–Trinajstić information content (AvgIpc) is 2.35. The second-order valence-electron chi connectivity index (χ2n) is 4.95. The minimum Gasteiger partial charge on any atom is -0.352 e. The van der Waals surface area contributed by atoms with Gasteiger partial charge in [-0.15, -0.1) is 0 Å². The van der Waals surface area contributed by atoms with Gasteiger partial charge in [0.25, 0.3) is 0 Å². The predicted octanol–water partition coefficient (Wildman–Crippen LogP) is 2.00. The van der Waals surface area contributed by atoms with E-state index in [0.717, 1.165) is 25.1 Å². The van der Waals surface area contributed by atoms with Gasteiger partial charge in [-0.1, -0.05) is 30.7 Å². The third-order valence-corrected chi connectivity index (χ3v) is 3.70. The maximum Gasteiger partial charge on any atom is 0.224 e. The third kappa shape index (κ3) is 3.72. The Kier molecular flexibility index (Phi) is 4.61. The molecular weight excluding hydrogens is 248 g/mol. The Labute approximate surface area is 113 Å². The highest BCUT2D eigenvalue weighted by Gasteiger charge is 2.22. The SMILES string of the molecule is CC1CCNCC1NC(=O)Cc1ccc(Cl)cc1. The van der Waals surface area contributed by atoms with Crippen molar-refractivity contribution in [3.63, 3.8) is 0 Å². The molecule has 0 spiro atoms. The molecule has 0 saturated carbocycles. The highest BCUT2D eigenvalue weighted by molar-refractivity contribution is 6.30. The molecule has 2 rings (SSSR count). The molecule has 2 atom stereocenters. The fourth-order valence-corrected chi connectivity index (χ4v) is 2.35. The number of amides is 1. The van der Waals surface area contributed by atoms with Crippen molar-refractivity contribution in [1.29, 1.82) is 0 Å². The van der Waals surface area contributed by atoms with Crippen LogP contribution in [0.2, 0.25) is 5.02 Å². The summed E-state index contributed by atoms with van der Waals surface area (Å²) in [5, 5.41) is 7.11. The highest BCUT2D eigenvalue weighted by atomic mass is 35.5. The number of hydrogen-bond donors (Lipinski definition) is 2. The van der Waals surface area contributed by atoms with Crippen LogP contribution in [-0.2, 0) is 11.2 Å². The molecule has 1 heterocycles. The summed E-state index contributed by atoms with van der Waals surface area (Å²) in [5.41, 5.74) is 0.994. The molecule has 1 saturated heterocycles. The molecule has 2 unspecified atom stereocenters. The van der Waals surface area contributed by atoms with Gasteiger partial charge in [0.15, 0.2) is 0 Å². The number of carbonyl (C=O) groups excluding carboxylic acids is 1. The summed E-state index contributed by atoms with van der Waals surface area (Å²) in [4.78, 5) is 11.9. The first-order chi connectivity index (χ1) is 8.65. The van der Waals surface area contributed by atoms with Crippen molar-refractivity contribution in [3.05, 3.63) is 34.9 Å². The van der Waals surface area contributed by atoms with Gasteiger partial charge in [-0.2, -0.15) is 0 Å². The Hall–Kier alpha value is -1.06. The molecule has 1 aliphatic rings. The maximum absolute atomic E-state index is 11.9. The summed E-state index contributed by atoms with van der Waals surface area (Å²) < 4.78 is 0. The quantitative estimate of drug-likeness (QED) is 0.879. The standard InChI is InChI=1S/C14H19ClN2O/c1-10-6-7-16-9-13(10)17-14(18)8-11-2-4-12(15)5-3-11/h2-5,10,13,16H,6-9H2,1H3,(H,17,18). The van der Waals surface area contributed by atoms with Crippen molar-refractivity contribution in [2.24, 2.45) is 5.92 Å². The number of carbonyl (C=O) groups is 1. The molecule has 1 aromatic rings. The number of hydrogen-bond acceptors (Lipinski definition) is 2. The molecular formula is C14H19ClN2O. The molecule has 1 fully saturated rings. The smallest absolute Gasteiger partial charge is 0.224 e. The van der Waals surface area contributed by atoms with E-state index in [1.165, 1.54) is 0 Å². The molecule has 18 heavy (non-hydrogen) atoms. The van der Waals surface area contributed by atoms with E-state index >= 15 is 0 Å². The molecule has 2 N–H and O–H groups in total. The number of nitrogens with one attached hydrogen (secondary N) is 2. The van der Waals surface area contributed by atoms with Crippen LogP contribution in [0.5, 0.6) is 0 Å². The third-order valence-electron chi connectivity index (χ3n) is 3.45. The van der Waals surface area contributed by atoms with Crippen LogP contribution >= 0.6 is 11.6 Å². The van der Waals surface area contributed by atoms with Gasteiger partial charge < -0.3 is 10.6 Å². The summed E-state index contributed by atoms with van der Waals surface area (Å²) in [6, 6.07) is 7.66. The lowest BCUT2D eigenvalue weighted by atomic mass is 9.94. The van der Waals surface area contributed by atoms with Crippen LogP contribution in [-0.4, -0.2) is 25.0 Å². The topological polar surface area (TPSA) is 41.1 Å². The zero-order valence-electron chi connectivity index (χ0n) is 10.6. The zero-order chi connectivity index (χ0) is 13.0. The van der Waals surface area contributed by atoms with Gasteiger partial charge in [0.1, 0.15) is 0 Å². The minimum atomic E-state index is 0.0814. The second kappa shape index (κ2) is 6.21. The molecule has 1 aromatic carbocycles. The van der Waals surface area contributed by atoms with Crippen LogP contribution in [0, 0.1) is 5.92 Å². The predicted molar refractivity (Wildman–Crippen MR) is 73.7 cm³/mol. The highest BCUT2D eigenvalue weighted by Crippen LogP contribution is 2.12. The van der Waals surface area contributed by atoms with Gasteiger partial charge in [0, 0.05) is 17.6 Å². The van der Waals surface area contributed by atoms with Crippen molar-refractivity contribution < 1.29 is 4.79 Å². The molecule has 0 radical (unpaired) electrons. The molecule has 98 valence electrons. The molecule has 1 amide bonds. The molecule has 4 heteroatoms. The average molecular weight is 267 g/mol. The second-order valence-corrected chi connectivity index (χ2v) is 5.38. The fraction of sp³-hybridized carbons (Fsp3) is 0.500. The van der Waals surface area contributed by atoms with E-state index in [1.807, 2.05) is 24.3 Å². The molecule has 0 aromatic heterocycles. The molecule has 1 aliphatic heterocycles. The van der Waals surface area contributed by atoms with Crippen molar-refractivity contribution in [2.45, 2.75) is 25.8 Å². The van der Waals surface area contributed by atoms with E-state index in [9.17, 15) is 4.79 Å².